The van der Waals surface area contributed by atoms with E-state index in [9.17, 15) is 9.59 Å². The molecule has 1 atom stereocenters. The third-order valence-electron chi connectivity index (χ3n) is 5.62. The largest absolute Gasteiger partial charge is 0.423 e. The van der Waals surface area contributed by atoms with Crippen molar-refractivity contribution in [3.8, 4) is 0 Å². The second-order valence-electron chi connectivity index (χ2n) is 7.90. The third-order valence-corrected chi connectivity index (χ3v) is 5.62. The van der Waals surface area contributed by atoms with Crippen molar-refractivity contribution < 1.29 is 14.1 Å². The Kier molecular flexibility index (Phi) is 5.97. The summed E-state index contributed by atoms with van der Waals surface area (Å²) < 4.78 is 10.7. The number of hydrogen-bond donors (Lipinski definition) is 2. The minimum absolute atomic E-state index is 0.149. The van der Waals surface area contributed by atoms with Gasteiger partial charge in [-0.15, -0.1) is 0 Å². The molecule has 0 aliphatic rings. The number of nitrogens with zero attached hydrogens (tertiary/aromatic N) is 1. The molecule has 4 rings (SSSR count). The highest BCUT2D eigenvalue weighted by Gasteiger charge is 2.17. The van der Waals surface area contributed by atoms with E-state index in [1.54, 1.807) is 19.2 Å². The SMILES string of the molecule is COCC[NH+](Cc1nc2ccccc2c(=O)[nH]1)Cc1cc(=O)oc2cc(C)c(C)cc12. The van der Waals surface area contributed by atoms with Crippen LogP contribution in [-0.4, -0.2) is 30.2 Å². The first-order chi connectivity index (χ1) is 14.9. The van der Waals surface area contributed by atoms with Gasteiger partial charge in [0, 0.05) is 24.1 Å². The van der Waals surface area contributed by atoms with E-state index in [-0.39, 0.29) is 11.2 Å². The van der Waals surface area contributed by atoms with Crippen LogP contribution >= 0.6 is 0 Å². The van der Waals surface area contributed by atoms with E-state index in [1.807, 2.05) is 38.1 Å². The van der Waals surface area contributed by atoms with Gasteiger partial charge >= 0.3 is 5.63 Å². The number of ether oxygens (including phenoxy) is 1. The maximum atomic E-state index is 12.5. The average molecular weight is 420 g/mol. The Labute approximate surface area is 179 Å². The van der Waals surface area contributed by atoms with Crippen molar-refractivity contribution in [2.45, 2.75) is 26.9 Å². The van der Waals surface area contributed by atoms with Crippen LogP contribution in [0.5, 0.6) is 0 Å². The van der Waals surface area contributed by atoms with Crippen LogP contribution < -0.4 is 16.1 Å². The van der Waals surface area contributed by atoms with E-state index in [2.05, 4.69) is 16.0 Å². The van der Waals surface area contributed by atoms with Crippen LogP contribution in [0.2, 0.25) is 0 Å². The van der Waals surface area contributed by atoms with E-state index < -0.39 is 0 Å². The Hall–Kier alpha value is -3.29. The molecule has 2 heterocycles. The van der Waals surface area contributed by atoms with Crippen molar-refractivity contribution in [2.75, 3.05) is 20.3 Å². The summed E-state index contributed by atoms with van der Waals surface area (Å²) in [4.78, 5) is 33.3. The van der Waals surface area contributed by atoms with Crippen LogP contribution in [0.4, 0.5) is 0 Å². The predicted molar refractivity (Wildman–Crippen MR) is 119 cm³/mol. The van der Waals surface area contributed by atoms with Gasteiger partial charge in [-0.1, -0.05) is 12.1 Å². The molecule has 31 heavy (non-hydrogen) atoms. The van der Waals surface area contributed by atoms with Gasteiger partial charge in [-0.25, -0.2) is 9.78 Å². The van der Waals surface area contributed by atoms with Crippen molar-refractivity contribution in [1.29, 1.82) is 0 Å². The first-order valence-corrected chi connectivity index (χ1v) is 10.3. The number of aryl methyl sites for hydroxylation is 2. The van der Waals surface area contributed by atoms with Crippen LogP contribution in [0.1, 0.15) is 22.5 Å². The van der Waals surface area contributed by atoms with E-state index in [0.717, 1.165) is 27.0 Å². The van der Waals surface area contributed by atoms with Crippen LogP contribution in [0.15, 0.2) is 56.5 Å². The number of benzene rings is 2. The minimum atomic E-state index is -0.367. The van der Waals surface area contributed by atoms with Crippen LogP contribution in [0, 0.1) is 13.8 Å². The number of H-pyrrole nitrogens is 1. The number of methoxy groups -OCH3 is 1. The Balaban J connectivity index is 1.70. The zero-order chi connectivity index (χ0) is 22.0. The predicted octanol–water partition coefficient (Wildman–Crippen LogP) is 1.88. The molecule has 7 heteroatoms. The Bertz CT molecular complexity index is 1360. The van der Waals surface area contributed by atoms with Gasteiger partial charge in [-0.05, 0) is 49.2 Å². The number of para-hydroxylation sites is 1. The van der Waals surface area contributed by atoms with Gasteiger partial charge in [0.05, 0.1) is 17.5 Å². The number of hydrogen-bond acceptors (Lipinski definition) is 5. The molecule has 0 aliphatic heterocycles. The number of quaternary nitrogens is 1. The smallest absolute Gasteiger partial charge is 0.336 e. The Morgan fingerprint density at radius 1 is 1.03 bits per heavy atom. The second-order valence-corrected chi connectivity index (χ2v) is 7.90. The molecule has 2 aromatic carbocycles. The lowest BCUT2D eigenvalue weighted by molar-refractivity contribution is -0.928. The molecule has 4 aromatic rings. The van der Waals surface area contributed by atoms with Gasteiger partial charge in [0.15, 0.2) is 5.82 Å². The molecule has 0 amide bonds. The fourth-order valence-electron chi connectivity index (χ4n) is 3.84. The van der Waals surface area contributed by atoms with E-state index in [4.69, 9.17) is 9.15 Å². The highest BCUT2D eigenvalue weighted by molar-refractivity contribution is 5.81. The van der Waals surface area contributed by atoms with Crippen molar-refractivity contribution >= 4 is 21.9 Å². The number of nitrogens with one attached hydrogen (secondary N) is 2. The summed E-state index contributed by atoms with van der Waals surface area (Å²) in [6, 6.07) is 12.8. The first kappa shape index (κ1) is 21.0. The van der Waals surface area contributed by atoms with Crippen LogP contribution in [-0.2, 0) is 17.8 Å². The second kappa shape index (κ2) is 8.83. The van der Waals surface area contributed by atoms with Gasteiger partial charge in [0.1, 0.15) is 25.2 Å². The summed E-state index contributed by atoms with van der Waals surface area (Å²) in [5.74, 6) is 0.606. The molecule has 2 N–H and O–H groups in total. The average Bonchev–Trinajstić information content (AvgIpc) is 2.73. The van der Waals surface area contributed by atoms with E-state index in [0.29, 0.717) is 48.6 Å². The van der Waals surface area contributed by atoms with Gasteiger partial charge in [-0.2, -0.15) is 0 Å². The molecule has 0 saturated heterocycles. The van der Waals surface area contributed by atoms with E-state index in [1.165, 1.54) is 0 Å². The summed E-state index contributed by atoms with van der Waals surface area (Å²) in [6.07, 6.45) is 0. The maximum absolute atomic E-state index is 12.5. The zero-order valence-corrected chi connectivity index (χ0v) is 18.0. The topological polar surface area (TPSA) is 89.6 Å². The standard InChI is InChI=1S/C24H25N3O4/c1-15-10-19-17(12-23(28)31-21(19)11-16(15)2)13-27(8-9-30-3)14-22-25-20-7-5-4-6-18(20)24(29)26-22/h4-7,10-12H,8-9,13-14H2,1-3H3,(H,25,26,29)/p+1. The fourth-order valence-corrected chi connectivity index (χ4v) is 3.84. The highest BCUT2D eigenvalue weighted by Crippen LogP contribution is 2.21. The normalized spacial score (nSPS) is 12.5. The molecule has 0 saturated carbocycles. The maximum Gasteiger partial charge on any atom is 0.336 e. The number of aromatic amines is 1. The van der Waals surface area contributed by atoms with Gasteiger partial charge in [0.25, 0.3) is 5.56 Å². The zero-order valence-electron chi connectivity index (χ0n) is 18.0. The van der Waals surface area contributed by atoms with Crippen LogP contribution in [0.25, 0.3) is 21.9 Å². The number of aromatic nitrogens is 2. The van der Waals surface area contributed by atoms with Gasteiger partial charge in [0.2, 0.25) is 0 Å². The molecule has 0 aliphatic carbocycles. The molecular formula is C24H26N3O4+. The summed E-state index contributed by atoms with van der Waals surface area (Å²) in [5, 5.41) is 1.50. The Morgan fingerprint density at radius 2 is 1.81 bits per heavy atom. The molecule has 0 radical (unpaired) electrons. The van der Waals surface area contributed by atoms with Crippen molar-refractivity contribution in [3.63, 3.8) is 0 Å². The Morgan fingerprint density at radius 3 is 2.61 bits per heavy atom. The van der Waals surface area contributed by atoms with Crippen molar-refractivity contribution in [2.24, 2.45) is 0 Å². The monoisotopic (exact) mass is 420 g/mol. The lowest BCUT2D eigenvalue weighted by Gasteiger charge is -2.20. The molecule has 0 spiro atoms. The van der Waals surface area contributed by atoms with Crippen molar-refractivity contribution in [1.82, 2.24) is 9.97 Å². The van der Waals surface area contributed by atoms with Gasteiger partial charge < -0.3 is 19.0 Å². The molecule has 0 bridgehead atoms. The fraction of sp³-hybridized carbons (Fsp3) is 0.292. The third kappa shape index (κ3) is 4.57. The minimum Gasteiger partial charge on any atom is -0.423 e. The summed E-state index contributed by atoms with van der Waals surface area (Å²) in [5.41, 5.74) is 3.87. The summed E-state index contributed by atoms with van der Waals surface area (Å²) in [7, 11) is 1.66. The number of rotatable bonds is 7. The molecule has 160 valence electrons. The van der Waals surface area contributed by atoms with Crippen molar-refractivity contribution in [3.05, 3.63) is 85.8 Å². The molecule has 7 nitrogen and oxygen atoms in total. The highest BCUT2D eigenvalue weighted by atomic mass is 16.5. The summed E-state index contributed by atoms with van der Waals surface area (Å²) in [6.45, 7) is 6.35. The molecule has 0 fully saturated rings. The first-order valence-electron chi connectivity index (χ1n) is 10.3. The van der Waals surface area contributed by atoms with Gasteiger partial charge in [-0.3, -0.25) is 4.79 Å². The molecule has 2 aromatic heterocycles. The summed E-state index contributed by atoms with van der Waals surface area (Å²) >= 11 is 0. The molecule has 1 unspecified atom stereocenters. The lowest BCUT2D eigenvalue weighted by atomic mass is 10.0. The lowest BCUT2D eigenvalue weighted by Crippen LogP contribution is -3.10. The van der Waals surface area contributed by atoms with E-state index >= 15 is 0 Å². The quantitative estimate of drug-likeness (QED) is 0.446. The van der Waals surface area contributed by atoms with Crippen LogP contribution in [0.3, 0.4) is 0 Å². The number of fused-ring (bicyclic) bond motifs is 2. The molecular weight excluding hydrogens is 394 g/mol.